The normalized spacial score (nSPS) is 10.8. The molecule has 3 aromatic rings. The van der Waals surface area contributed by atoms with Crippen LogP contribution in [0.25, 0.3) is 0 Å². The van der Waals surface area contributed by atoms with Crippen LogP contribution in [0.4, 0.5) is 0 Å². The number of hydrogen-bond acceptors (Lipinski definition) is 4. The minimum Gasteiger partial charge on any atom is -0.484 e. The van der Waals surface area contributed by atoms with Gasteiger partial charge in [-0.3, -0.25) is 4.57 Å². The van der Waals surface area contributed by atoms with Gasteiger partial charge < -0.3 is 4.74 Å². The maximum Gasteiger partial charge on any atom is 0.191 e. The highest BCUT2D eigenvalue weighted by atomic mass is 35.5. The smallest absolute Gasteiger partial charge is 0.191 e. The summed E-state index contributed by atoms with van der Waals surface area (Å²) < 4.78 is 7.80. The molecule has 0 aliphatic carbocycles. The lowest BCUT2D eigenvalue weighted by atomic mass is 10.1. The number of aryl methyl sites for hydroxylation is 1. The van der Waals surface area contributed by atoms with Crippen LogP contribution in [-0.2, 0) is 18.9 Å². The first-order valence-corrected chi connectivity index (χ1v) is 10.1. The first-order chi connectivity index (χ1) is 13.1. The Kier molecular flexibility index (Phi) is 6.83. The number of nitrogens with zero attached hydrogens (tertiary/aromatic N) is 3. The van der Waals surface area contributed by atoms with Gasteiger partial charge in [0, 0.05) is 23.4 Å². The van der Waals surface area contributed by atoms with Crippen LogP contribution in [0.1, 0.15) is 17.0 Å². The molecule has 0 bridgehead atoms. The van der Waals surface area contributed by atoms with Crippen LogP contribution in [-0.4, -0.2) is 14.8 Å². The lowest BCUT2D eigenvalue weighted by Gasteiger charge is -2.10. The lowest BCUT2D eigenvalue weighted by molar-refractivity contribution is 0.289. The second-order valence-electron chi connectivity index (χ2n) is 5.88. The zero-order valence-corrected chi connectivity index (χ0v) is 17.2. The second kappa shape index (κ2) is 9.31. The summed E-state index contributed by atoms with van der Waals surface area (Å²) in [4.78, 5) is 0. The molecular weight excluding hydrogens is 401 g/mol. The molecule has 0 radical (unpaired) electrons. The fourth-order valence-electron chi connectivity index (χ4n) is 2.49. The predicted molar refractivity (Wildman–Crippen MR) is 112 cm³/mol. The van der Waals surface area contributed by atoms with Crippen LogP contribution in [0.15, 0.2) is 60.3 Å². The molecule has 0 aliphatic rings. The highest BCUT2D eigenvalue weighted by Gasteiger charge is 2.14. The summed E-state index contributed by atoms with van der Waals surface area (Å²) in [6, 6.07) is 13.4. The molecule has 7 heteroatoms. The van der Waals surface area contributed by atoms with Gasteiger partial charge in [0.25, 0.3) is 0 Å². The van der Waals surface area contributed by atoms with Gasteiger partial charge in [-0.05, 0) is 30.2 Å². The molecule has 0 fully saturated rings. The number of rotatable bonds is 8. The van der Waals surface area contributed by atoms with E-state index in [1.807, 2.05) is 22.8 Å². The highest BCUT2D eigenvalue weighted by Crippen LogP contribution is 2.29. The van der Waals surface area contributed by atoms with Crippen molar-refractivity contribution in [1.82, 2.24) is 14.8 Å². The first kappa shape index (κ1) is 19.8. The largest absolute Gasteiger partial charge is 0.484 e. The Hall–Kier alpha value is -1.95. The maximum absolute atomic E-state index is 6.15. The SMILES string of the molecule is C=CCn1c(COc2cc(Cl)ccc2Cl)nnc1SCc1ccccc1C. The van der Waals surface area contributed by atoms with E-state index in [-0.39, 0.29) is 6.61 Å². The van der Waals surface area contributed by atoms with Crippen molar-refractivity contribution in [2.24, 2.45) is 0 Å². The average molecular weight is 420 g/mol. The number of ether oxygens (including phenoxy) is 1. The minimum atomic E-state index is 0.242. The van der Waals surface area contributed by atoms with Crippen molar-refractivity contribution < 1.29 is 4.74 Å². The molecule has 0 spiro atoms. The fourth-order valence-corrected chi connectivity index (χ4v) is 3.87. The topological polar surface area (TPSA) is 39.9 Å². The Labute approximate surface area is 173 Å². The van der Waals surface area contributed by atoms with Crippen molar-refractivity contribution in [1.29, 1.82) is 0 Å². The van der Waals surface area contributed by atoms with Gasteiger partial charge in [0.05, 0.1) is 5.02 Å². The molecule has 27 heavy (non-hydrogen) atoms. The Balaban J connectivity index is 1.73. The zero-order chi connectivity index (χ0) is 19.2. The van der Waals surface area contributed by atoms with E-state index >= 15 is 0 Å². The van der Waals surface area contributed by atoms with Crippen molar-refractivity contribution in [3.63, 3.8) is 0 Å². The van der Waals surface area contributed by atoms with Crippen LogP contribution in [0.2, 0.25) is 10.0 Å². The van der Waals surface area contributed by atoms with E-state index in [0.717, 1.165) is 10.9 Å². The van der Waals surface area contributed by atoms with Crippen molar-refractivity contribution in [3.8, 4) is 5.75 Å². The van der Waals surface area contributed by atoms with Gasteiger partial charge in [0.1, 0.15) is 12.4 Å². The summed E-state index contributed by atoms with van der Waals surface area (Å²) in [6.07, 6.45) is 1.82. The minimum absolute atomic E-state index is 0.242. The van der Waals surface area contributed by atoms with Crippen LogP contribution >= 0.6 is 35.0 Å². The standard InChI is InChI=1S/C20H19Cl2N3OS/c1-3-10-25-19(12-26-18-11-16(21)8-9-17(18)22)23-24-20(25)27-13-15-7-5-4-6-14(15)2/h3-9,11H,1,10,12-13H2,2H3. The predicted octanol–water partition coefficient (Wildman–Crippen LogP) is 5.95. The molecule has 0 amide bonds. The van der Waals surface area contributed by atoms with Crippen LogP contribution in [0.5, 0.6) is 5.75 Å². The summed E-state index contributed by atoms with van der Waals surface area (Å²) in [5.74, 6) is 2.05. The number of aromatic nitrogens is 3. The molecule has 0 saturated heterocycles. The number of hydrogen-bond donors (Lipinski definition) is 0. The molecule has 140 valence electrons. The summed E-state index contributed by atoms with van der Waals surface area (Å²) >= 11 is 13.8. The first-order valence-electron chi connectivity index (χ1n) is 8.36. The van der Waals surface area contributed by atoms with Gasteiger partial charge in [-0.25, -0.2) is 0 Å². The molecular formula is C20H19Cl2N3OS. The van der Waals surface area contributed by atoms with Crippen LogP contribution < -0.4 is 4.74 Å². The van der Waals surface area contributed by atoms with Crippen LogP contribution in [0, 0.1) is 6.92 Å². The summed E-state index contributed by atoms with van der Waals surface area (Å²) in [7, 11) is 0. The molecule has 0 atom stereocenters. The van der Waals surface area contributed by atoms with Crippen molar-refractivity contribution in [3.05, 3.63) is 82.1 Å². The van der Waals surface area contributed by atoms with E-state index in [9.17, 15) is 0 Å². The van der Waals surface area contributed by atoms with E-state index in [4.69, 9.17) is 27.9 Å². The molecule has 0 unspecified atom stereocenters. The number of halogens is 2. The number of thioether (sulfide) groups is 1. The molecule has 1 aromatic heterocycles. The number of benzene rings is 2. The average Bonchev–Trinajstić information content (AvgIpc) is 3.04. The van der Waals surface area contributed by atoms with Gasteiger partial charge in [-0.15, -0.1) is 16.8 Å². The van der Waals surface area contributed by atoms with Gasteiger partial charge in [0.2, 0.25) is 0 Å². The van der Waals surface area contributed by atoms with Crippen LogP contribution in [0.3, 0.4) is 0 Å². The Morgan fingerprint density at radius 1 is 1.19 bits per heavy atom. The van der Waals surface area contributed by atoms with Crippen molar-refractivity contribution in [2.45, 2.75) is 31.0 Å². The van der Waals surface area contributed by atoms with Gasteiger partial charge in [0.15, 0.2) is 11.0 Å². The monoisotopic (exact) mass is 419 g/mol. The third-order valence-electron chi connectivity index (χ3n) is 3.97. The zero-order valence-electron chi connectivity index (χ0n) is 14.9. The summed E-state index contributed by atoms with van der Waals surface area (Å²) in [5.41, 5.74) is 2.54. The summed E-state index contributed by atoms with van der Waals surface area (Å²) in [5, 5.41) is 10.5. The van der Waals surface area contributed by atoms with Gasteiger partial charge >= 0.3 is 0 Å². The van der Waals surface area contributed by atoms with E-state index in [1.54, 1.807) is 30.0 Å². The molecule has 3 rings (SSSR count). The molecule has 1 heterocycles. The highest BCUT2D eigenvalue weighted by molar-refractivity contribution is 7.98. The Morgan fingerprint density at radius 3 is 2.78 bits per heavy atom. The van der Waals surface area contributed by atoms with Crippen molar-refractivity contribution in [2.75, 3.05) is 0 Å². The lowest BCUT2D eigenvalue weighted by Crippen LogP contribution is -2.07. The quantitative estimate of drug-likeness (QED) is 0.334. The molecule has 2 aromatic carbocycles. The maximum atomic E-state index is 6.15. The van der Waals surface area contributed by atoms with E-state index < -0.39 is 0 Å². The van der Waals surface area contributed by atoms with Gasteiger partial charge in [-0.1, -0.05) is 65.3 Å². The number of allylic oxidation sites excluding steroid dienone is 1. The Morgan fingerprint density at radius 2 is 2.00 bits per heavy atom. The fraction of sp³-hybridized carbons (Fsp3) is 0.200. The van der Waals surface area contributed by atoms with Gasteiger partial charge in [-0.2, -0.15) is 0 Å². The molecule has 0 N–H and O–H groups in total. The van der Waals surface area contributed by atoms with E-state index in [0.29, 0.717) is 28.2 Å². The van der Waals surface area contributed by atoms with Crippen molar-refractivity contribution >= 4 is 35.0 Å². The molecule has 0 saturated carbocycles. The third kappa shape index (κ3) is 5.06. The summed E-state index contributed by atoms with van der Waals surface area (Å²) in [6.45, 7) is 6.78. The Bertz CT molecular complexity index is 943. The van der Waals surface area contributed by atoms with E-state index in [2.05, 4.69) is 35.8 Å². The molecule has 0 aliphatic heterocycles. The third-order valence-corrected chi connectivity index (χ3v) is 5.54. The van der Waals surface area contributed by atoms with E-state index in [1.165, 1.54) is 11.1 Å². The molecule has 4 nitrogen and oxygen atoms in total. The second-order valence-corrected chi connectivity index (χ2v) is 7.66.